The summed E-state index contributed by atoms with van der Waals surface area (Å²) in [6, 6.07) is 9.62. The summed E-state index contributed by atoms with van der Waals surface area (Å²) in [5.74, 6) is 0.963. The number of rotatable bonds is 3. The largest absolute Gasteiger partial charge is 0.508 e. The minimum atomic E-state index is -0.302. The smallest absolute Gasteiger partial charge is 0.151 e. The molecule has 8 heteroatoms. The Labute approximate surface area is 172 Å². The van der Waals surface area contributed by atoms with Crippen molar-refractivity contribution in [1.29, 1.82) is 5.26 Å². The number of aliphatic hydroxyl groups is 1. The number of aliphatic hydroxyl groups excluding tert-OH is 1. The number of anilines is 1. The fraction of sp³-hybridized carbons (Fsp3) is 0.227. The van der Waals surface area contributed by atoms with E-state index in [0.29, 0.717) is 35.2 Å². The van der Waals surface area contributed by atoms with Crippen LogP contribution in [-0.4, -0.2) is 49.6 Å². The molecule has 1 aromatic carbocycles. The topological polar surface area (TPSA) is 125 Å². The lowest BCUT2D eigenvalue weighted by Crippen LogP contribution is -2.51. The Morgan fingerprint density at radius 1 is 1.20 bits per heavy atom. The zero-order valence-electron chi connectivity index (χ0n) is 16.6. The van der Waals surface area contributed by atoms with Crippen LogP contribution in [0, 0.1) is 25.2 Å². The number of hydrogen-bond acceptors (Lipinski definition) is 6. The number of H-pyrrole nitrogens is 2. The summed E-state index contributed by atoms with van der Waals surface area (Å²) in [6.45, 7) is 4.94. The molecule has 1 aliphatic heterocycles. The lowest BCUT2D eigenvalue weighted by Gasteiger charge is -2.35. The van der Waals surface area contributed by atoms with Gasteiger partial charge in [-0.2, -0.15) is 10.4 Å². The molecule has 0 atom stereocenters. The standard InChI is InChI=1S/C22H20N6O2/c1-11-3-4-19(30)12(2)21(11)16-8-24-22-14(15(16)7-23)5-17(25-22)18-6-20(27-26-18)28-9-13(29)10-28/h3-6,8,13,29-30H,9-10H2,1-2H3,(H,24,25)(H,26,27). The Balaban J connectivity index is 1.61. The highest BCUT2D eigenvalue weighted by Gasteiger charge is 2.26. The summed E-state index contributed by atoms with van der Waals surface area (Å²) in [7, 11) is 0. The third-order valence-corrected chi connectivity index (χ3v) is 5.72. The first-order valence-corrected chi connectivity index (χ1v) is 9.66. The van der Waals surface area contributed by atoms with Crippen LogP contribution in [0.3, 0.4) is 0 Å². The van der Waals surface area contributed by atoms with Gasteiger partial charge in [-0.3, -0.25) is 5.10 Å². The Morgan fingerprint density at radius 3 is 2.73 bits per heavy atom. The first kappa shape index (κ1) is 18.2. The molecular formula is C22H20N6O2. The predicted octanol–water partition coefficient (Wildman–Crippen LogP) is 3.00. The van der Waals surface area contributed by atoms with Crippen LogP contribution in [-0.2, 0) is 0 Å². The average molecular weight is 400 g/mol. The maximum absolute atomic E-state index is 10.2. The van der Waals surface area contributed by atoms with Crippen molar-refractivity contribution in [3.05, 3.63) is 47.2 Å². The maximum Gasteiger partial charge on any atom is 0.151 e. The van der Waals surface area contributed by atoms with E-state index in [9.17, 15) is 15.5 Å². The number of phenolic OH excluding ortho intramolecular Hbond substituents is 1. The number of pyridine rings is 1. The molecule has 30 heavy (non-hydrogen) atoms. The minimum Gasteiger partial charge on any atom is -0.508 e. The second-order valence-corrected chi connectivity index (χ2v) is 7.70. The number of aryl methyl sites for hydroxylation is 1. The number of phenols is 1. The van der Waals surface area contributed by atoms with Gasteiger partial charge < -0.3 is 20.1 Å². The molecule has 3 aromatic heterocycles. The van der Waals surface area contributed by atoms with Crippen molar-refractivity contribution in [2.45, 2.75) is 20.0 Å². The van der Waals surface area contributed by atoms with Gasteiger partial charge in [0.1, 0.15) is 17.5 Å². The monoisotopic (exact) mass is 400 g/mol. The Morgan fingerprint density at radius 2 is 2.00 bits per heavy atom. The molecule has 0 bridgehead atoms. The molecule has 0 amide bonds. The number of aromatic nitrogens is 4. The van der Waals surface area contributed by atoms with E-state index in [4.69, 9.17) is 0 Å². The number of hydrogen-bond donors (Lipinski definition) is 4. The fourth-order valence-electron chi connectivity index (χ4n) is 4.03. The van der Waals surface area contributed by atoms with Crippen LogP contribution in [0.2, 0.25) is 0 Å². The van der Waals surface area contributed by atoms with Gasteiger partial charge in [-0.15, -0.1) is 0 Å². The molecular weight excluding hydrogens is 380 g/mol. The highest BCUT2D eigenvalue weighted by atomic mass is 16.3. The Hall–Kier alpha value is -3.83. The number of aromatic amines is 2. The molecule has 0 unspecified atom stereocenters. The van der Waals surface area contributed by atoms with E-state index < -0.39 is 0 Å². The highest BCUT2D eigenvalue weighted by molar-refractivity contribution is 5.94. The molecule has 5 rings (SSSR count). The quantitative estimate of drug-likeness (QED) is 0.419. The summed E-state index contributed by atoms with van der Waals surface area (Å²) >= 11 is 0. The van der Waals surface area contributed by atoms with E-state index in [1.54, 1.807) is 12.3 Å². The third-order valence-electron chi connectivity index (χ3n) is 5.72. The SMILES string of the molecule is Cc1ccc(O)c(C)c1-c1cnc2[nH]c(-c3cc(N4CC(O)C4)n[nH]3)cc2c1C#N. The number of aromatic hydroxyl groups is 1. The normalized spacial score (nSPS) is 14.1. The van der Waals surface area contributed by atoms with Crippen LogP contribution >= 0.6 is 0 Å². The Bertz CT molecular complexity index is 1320. The predicted molar refractivity (Wildman–Crippen MR) is 113 cm³/mol. The molecule has 4 aromatic rings. The molecule has 8 nitrogen and oxygen atoms in total. The molecule has 4 N–H and O–H groups in total. The molecule has 0 spiro atoms. The number of nitriles is 1. The number of fused-ring (bicyclic) bond motifs is 1. The van der Waals surface area contributed by atoms with Crippen molar-refractivity contribution >= 4 is 16.9 Å². The number of β-amino-alcohol motifs (C(OH)–C–C–N with tert-alkyl or cyclic N) is 1. The minimum absolute atomic E-state index is 0.190. The van der Waals surface area contributed by atoms with Gasteiger partial charge in [0.05, 0.1) is 23.1 Å². The van der Waals surface area contributed by atoms with Gasteiger partial charge in [0.15, 0.2) is 5.82 Å². The van der Waals surface area contributed by atoms with Crippen molar-refractivity contribution in [1.82, 2.24) is 20.2 Å². The van der Waals surface area contributed by atoms with E-state index in [2.05, 4.69) is 26.2 Å². The van der Waals surface area contributed by atoms with Crippen LogP contribution in [0.1, 0.15) is 16.7 Å². The first-order valence-electron chi connectivity index (χ1n) is 9.66. The van der Waals surface area contributed by atoms with Gasteiger partial charge in [-0.25, -0.2) is 4.98 Å². The van der Waals surface area contributed by atoms with Crippen LogP contribution in [0.15, 0.2) is 30.5 Å². The van der Waals surface area contributed by atoms with E-state index in [1.807, 2.05) is 36.9 Å². The summed E-state index contributed by atoms with van der Waals surface area (Å²) in [5, 5.41) is 37.6. The zero-order chi connectivity index (χ0) is 21.0. The molecule has 1 fully saturated rings. The van der Waals surface area contributed by atoms with Crippen molar-refractivity contribution in [2.75, 3.05) is 18.0 Å². The summed E-state index contributed by atoms with van der Waals surface area (Å²) in [6.07, 6.45) is 1.37. The number of nitrogens with zero attached hydrogens (tertiary/aromatic N) is 4. The van der Waals surface area contributed by atoms with E-state index in [1.165, 1.54) is 0 Å². The lowest BCUT2D eigenvalue weighted by atomic mass is 9.92. The molecule has 0 radical (unpaired) electrons. The summed E-state index contributed by atoms with van der Waals surface area (Å²) in [4.78, 5) is 9.77. The second kappa shape index (κ2) is 6.61. The van der Waals surface area contributed by atoms with E-state index in [-0.39, 0.29) is 11.9 Å². The molecule has 1 aliphatic rings. The van der Waals surface area contributed by atoms with Gasteiger partial charge in [0.25, 0.3) is 0 Å². The molecule has 1 saturated heterocycles. The van der Waals surface area contributed by atoms with Crippen LogP contribution in [0.5, 0.6) is 5.75 Å². The molecule has 4 heterocycles. The van der Waals surface area contributed by atoms with Gasteiger partial charge in [0, 0.05) is 36.3 Å². The lowest BCUT2D eigenvalue weighted by molar-refractivity contribution is 0.141. The maximum atomic E-state index is 10.2. The van der Waals surface area contributed by atoms with E-state index >= 15 is 0 Å². The number of benzene rings is 1. The second-order valence-electron chi connectivity index (χ2n) is 7.70. The van der Waals surface area contributed by atoms with Gasteiger partial charge >= 0.3 is 0 Å². The number of nitrogens with one attached hydrogen (secondary N) is 2. The van der Waals surface area contributed by atoms with Crippen LogP contribution in [0.4, 0.5) is 5.82 Å². The highest BCUT2D eigenvalue weighted by Crippen LogP contribution is 2.37. The molecule has 0 saturated carbocycles. The van der Waals surface area contributed by atoms with Crippen LogP contribution < -0.4 is 4.90 Å². The summed E-state index contributed by atoms with van der Waals surface area (Å²) < 4.78 is 0. The molecule has 150 valence electrons. The molecule has 0 aliphatic carbocycles. The van der Waals surface area contributed by atoms with Crippen molar-refractivity contribution in [2.24, 2.45) is 0 Å². The van der Waals surface area contributed by atoms with Crippen molar-refractivity contribution in [3.63, 3.8) is 0 Å². The van der Waals surface area contributed by atoms with Crippen molar-refractivity contribution < 1.29 is 10.2 Å². The summed E-state index contributed by atoms with van der Waals surface area (Å²) in [5.41, 5.74) is 5.87. The Kier molecular flexibility index (Phi) is 4.01. The fourth-order valence-corrected chi connectivity index (χ4v) is 4.03. The van der Waals surface area contributed by atoms with Gasteiger partial charge in [-0.1, -0.05) is 6.07 Å². The van der Waals surface area contributed by atoms with Crippen molar-refractivity contribution in [3.8, 4) is 34.3 Å². The van der Waals surface area contributed by atoms with Gasteiger partial charge in [0.2, 0.25) is 0 Å². The first-order chi connectivity index (χ1) is 14.5. The van der Waals surface area contributed by atoms with Crippen LogP contribution in [0.25, 0.3) is 33.5 Å². The average Bonchev–Trinajstić information content (AvgIpc) is 3.35. The van der Waals surface area contributed by atoms with Gasteiger partial charge in [-0.05, 0) is 42.7 Å². The zero-order valence-corrected chi connectivity index (χ0v) is 16.6. The third kappa shape index (κ3) is 2.71. The van der Waals surface area contributed by atoms with E-state index in [0.717, 1.165) is 33.9 Å².